The molecule has 0 saturated heterocycles. The Bertz CT molecular complexity index is 1050. The summed E-state index contributed by atoms with van der Waals surface area (Å²) in [5.41, 5.74) is 3.40. The van der Waals surface area contributed by atoms with Gasteiger partial charge in [-0.05, 0) is 50.8 Å². The molecule has 0 unspecified atom stereocenters. The molecule has 1 aliphatic heterocycles. The summed E-state index contributed by atoms with van der Waals surface area (Å²) in [4.78, 5) is 21.8. The monoisotopic (exact) mass is 364 g/mol. The van der Waals surface area contributed by atoms with Crippen molar-refractivity contribution in [3.8, 4) is 22.8 Å². The van der Waals surface area contributed by atoms with Gasteiger partial charge in [0.25, 0.3) is 5.91 Å². The lowest BCUT2D eigenvalue weighted by Gasteiger charge is -2.12. The average molecular weight is 364 g/mol. The van der Waals surface area contributed by atoms with Gasteiger partial charge in [-0.25, -0.2) is 9.97 Å². The van der Waals surface area contributed by atoms with Gasteiger partial charge in [0.2, 0.25) is 6.79 Å². The van der Waals surface area contributed by atoms with Crippen LogP contribution in [-0.2, 0) is 0 Å². The van der Waals surface area contributed by atoms with Gasteiger partial charge in [-0.2, -0.15) is 0 Å². The van der Waals surface area contributed by atoms with Crippen molar-refractivity contribution < 1.29 is 14.3 Å². The van der Waals surface area contributed by atoms with Crippen LogP contribution in [-0.4, -0.2) is 33.1 Å². The van der Waals surface area contributed by atoms with Crippen LogP contribution in [0.25, 0.3) is 16.9 Å². The Kier molecular flexibility index (Phi) is 3.56. The van der Waals surface area contributed by atoms with Crippen molar-refractivity contribution in [3.63, 3.8) is 0 Å². The summed E-state index contributed by atoms with van der Waals surface area (Å²) in [5, 5.41) is 3.06. The summed E-state index contributed by atoms with van der Waals surface area (Å²) in [6.45, 7) is 4.21. The van der Waals surface area contributed by atoms with Crippen LogP contribution in [0.5, 0.6) is 11.5 Å². The van der Waals surface area contributed by atoms with E-state index in [4.69, 9.17) is 14.5 Å². The Morgan fingerprint density at radius 1 is 1.33 bits per heavy atom. The fourth-order valence-electron chi connectivity index (χ4n) is 3.54. The number of para-hydroxylation sites is 1. The molecule has 0 bridgehead atoms. The minimum Gasteiger partial charge on any atom is -0.454 e. The number of hydrogen-bond donors (Lipinski definition) is 1. The molecular weight excluding hydrogens is 344 g/mol. The number of carbonyl (C=O) groups is 1. The Morgan fingerprint density at radius 2 is 2.19 bits per heavy atom. The van der Waals surface area contributed by atoms with Crippen LogP contribution in [0.2, 0.25) is 0 Å². The topological polar surface area (TPSA) is 77.8 Å². The molecule has 2 aromatic heterocycles. The lowest BCUT2D eigenvalue weighted by atomic mass is 10.1. The minimum atomic E-state index is -0.182. The minimum absolute atomic E-state index is 0.154. The molecule has 7 nitrogen and oxygen atoms in total. The van der Waals surface area contributed by atoms with Crippen molar-refractivity contribution >= 4 is 11.6 Å². The molecule has 3 heterocycles. The standard InChI is InChI=1S/C20H20N4O3/c1-11-8-15(14-4-3-5-16-18(14)27-10-26-16)23-19-17(21-9-24(11)19)20(25)22-12(2)13-6-7-13/h3-5,8-9,12-13H,6-7,10H2,1-2H3,(H,22,25)/t12-/m0/s1. The number of fused-ring (bicyclic) bond motifs is 2. The number of hydrogen-bond acceptors (Lipinski definition) is 5. The van der Waals surface area contributed by atoms with Crippen LogP contribution in [0.4, 0.5) is 0 Å². The van der Waals surface area contributed by atoms with Crippen molar-refractivity contribution in [1.82, 2.24) is 19.7 Å². The van der Waals surface area contributed by atoms with Gasteiger partial charge in [-0.3, -0.25) is 9.20 Å². The molecule has 1 N–H and O–H groups in total. The van der Waals surface area contributed by atoms with Crippen LogP contribution < -0.4 is 14.8 Å². The Hall–Kier alpha value is -3.09. The summed E-state index contributed by atoms with van der Waals surface area (Å²) in [6.07, 6.45) is 4.00. The lowest BCUT2D eigenvalue weighted by molar-refractivity contribution is 0.0933. The third kappa shape index (κ3) is 2.70. The summed E-state index contributed by atoms with van der Waals surface area (Å²) in [7, 11) is 0. The van der Waals surface area contributed by atoms with Gasteiger partial charge < -0.3 is 14.8 Å². The van der Waals surface area contributed by atoms with E-state index in [1.54, 1.807) is 6.33 Å². The molecule has 5 rings (SSSR count). The highest BCUT2D eigenvalue weighted by molar-refractivity contribution is 5.98. The molecule has 0 radical (unpaired) electrons. The van der Waals surface area contributed by atoms with Crippen LogP contribution in [0.15, 0.2) is 30.6 Å². The van der Waals surface area contributed by atoms with Crippen molar-refractivity contribution in [2.24, 2.45) is 5.92 Å². The van der Waals surface area contributed by atoms with Gasteiger partial charge in [-0.15, -0.1) is 0 Å². The highest BCUT2D eigenvalue weighted by Crippen LogP contribution is 2.40. The maximum atomic E-state index is 12.7. The van der Waals surface area contributed by atoms with Crippen molar-refractivity contribution in [2.45, 2.75) is 32.7 Å². The lowest BCUT2D eigenvalue weighted by Crippen LogP contribution is -2.34. The number of benzene rings is 1. The maximum absolute atomic E-state index is 12.7. The fourth-order valence-corrected chi connectivity index (χ4v) is 3.54. The molecule has 1 atom stereocenters. The number of nitrogens with one attached hydrogen (secondary N) is 1. The van der Waals surface area contributed by atoms with Crippen molar-refractivity contribution in [2.75, 3.05) is 6.79 Å². The van der Waals surface area contributed by atoms with Crippen LogP contribution in [0.3, 0.4) is 0 Å². The van der Waals surface area contributed by atoms with Gasteiger partial charge in [0.05, 0.1) is 5.69 Å². The number of rotatable bonds is 4. The van der Waals surface area contributed by atoms with E-state index in [0.717, 1.165) is 17.0 Å². The SMILES string of the molecule is Cc1cc(-c2cccc3c2OCO3)nc2c(C(=O)N[C@@H](C)C3CC3)ncn12. The molecule has 138 valence electrons. The largest absolute Gasteiger partial charge is 0.454 e. The van der Waals surface area contributed by atoms with Crippen LogP contribution in [0, 0.1) is 12.8 Å². The Balaban J connectivity index is 1.58. The number of imidazole rings is 1. The van der Waals surface area contributed by atoms with Crippen LogP contribution in [0.1, 0.15) is 35.9 Å². The van der Waals surface area contributed by atoms with E-state index < -0.39 is 0 Å². The summed E-state index contributed by atoms with van der Waals surface area (Å²) < 4.78 is 12.9. The molecule has 7 heteroatoms. The van der Waals surface area contributed by atoms with Crippen molar-refractivity contribution in [1.29, 1.82) is 0 Å². The van der Waals surface area contributed by atoms with Gasteiger partial charge in [0.15, 0.2) is 22.8 Å². The van der Waals surface area contributed by atoms with E-state index in [2.05, 4.69) is 10.3 Å². The first-order chi connectivity index (χ1) is 13.1. The Morgan fingerprint density at radius 3 is 3.00 bits per heavy atom. The van der Waals surface area contributed by atoms with E-state index in [-0.39, 0.29) is 18.7 Å². The van der Waals surface area contributed by atoms with E-state index >= 15 is 0 Å². The number of aryl methyl sites for hydroxylation is 1. The molecule has 27 heavy (non-hydrogen) atoms. The van der Waals surface area contributed by atoms with E-state index in [1.807, 2.05) is 42.5 Å². The zero-order valence-corrected chi connectivity index (χ0v) is 15.2. The van der Waals surface area contributed by atoms with Crippen LogP contribution >= 0.6 is 0 Å². The Labute approximate surface area is 156 Å². The van der Waals surface area contributed by atoms with Gasteiger partial charge in [0.1, 0.15) is 6.33 Å². The predicted octanol–water partition coefficient (Wildman–Crippen LogP) is 2.96. The van der Waals surface area contributed by atoms with Gasteiger partial charge in [0, 0.05) is 17.3 Å². The summed E-state index contributed by atoms with van der Waals surface area (Å²) >= 11 is 0. The zero-order chi connectivity index (χ0) is 18.5. The number of ether oxygens (including phenoxy) is 2. The molecule has 2 aliphatic rings. The normalized spacial score (nSPS) is 16.5. The number of nitrogens with zero attached hydrogens (tertiary/aromatic N) is 3. The molecular formula is C20H20N4O3. The van der Waals surface area contributed by atoms with Crippen molar-refractivity contribution in [3.05, 3.63) is 42.0 Å². The molecule has 1 aliphatic carbocycles. The smallest absolute Gasteiger partial charge is 0.274 e. The average Bonchev–Trinajstić information content (AvgIpc) is 3.24. The first-order valence-corrected chi connectivity index (χ1v) is 9.16. The number of aromatic nitrogens is 3. The zero-order valence-electron chi connectivity index (χ0n) is 15.2. The van der Waals surface area contributed by atoms with E-state index in [1.165, 1.54) is 12.8 Å². The first kappa shape index (κ1) is 16.1. The number of carbonyl (C=O) groups excluding carboxylic acids is 1. The quantitative estimate of drug-likeness (QED) is 0.770. The van der Waals surface area contributed by atoms with E-state index in [0.29, 0.717) is 28.8 Å². The second-order valence-corrected chi connectivity index (χ2v) is 7.21. The maximum Gasteiger partial charge on any atom is 0.274 e. The second-order valence-electron chi connectivity index (χ2n) is 7.21. The summed E-state index contributed by atoms with van der Waals surface area (Å²) in [6, 6.07) is 7.83. The summed E-state index contributed by atoms with van der Waals surface area (Å²) in [5.74, 6) is 1.79. The molecule has 1 saturated carbocycles. The fraction of sp³-hybridized carbons (Fsp3) is 0.350. The van der Waals surface area contributed by atoms with Gasteiger partial charge in [-0.1, -0.05) is 6.07 Å². The molecule has 1 fully saturated rings. The van der Waals surface area contributed by atoms with E-state index in [9.17, 15) is 4.79 Å². The van der Waals surface area contributed by atoms with Gasteiger partial charge >= 0.3 is 0 Å². The number of amides is 1. The predicted molar refractivity (Wildman–Crippen MR) is 98.9 cm³/mol. The molecule has 1 aromatic carbocycles. The highest BCUT2D eigenvalue weighted by Gasteiger charge is 2.30. The first-order valence-electron chi connectivity index (χ1n) is 9.16. The molecule has 1 amide bonds. The second kappa shape index (κ2) is 5.97. The highest BCUT2D eigenvalue weighted by atomic mass is 16.7. The third-order valence-corrected chi connectivity index (χ3v) is 5.27. The molecule has 0 spiro atoms. The molecule has 3 aromatic rings. The third-order valence-electron chi connectivity index (χ3n) is 5.27.